The highest BCUT2D eigenvalue weighted by atomic mass is 32.2. The molecule has 2 aromatic carbocycles. The summed E-state index contributed by atoms with van der Waals surface area (Å²) in [4.78, 5) is 1.20. The Labute approximate surface area is 125 Å². The summed E-state index contributed by atoms with van der Waals surface area (Å²) in [5.41, 5.74) is 9.80. The fraction of sp³-hybridized carbons (Fsp3) is 0.294. The molecule has 2 nitrogen and oxygen atoms in total. The van der Waals surface area contributed by atoms with Crippen LogP contribution in [-0.2, 0) is 5.75 Å². The van der Waals surface area contributed by atoms with Gasteiger partial charge in [0, 0.05) is 22.3 Å². The lowest BCUT2D eigenvalue weighted by atomic mass is 10.1. The van der Waals surface area contributed by atoms with Crippen LogP contribution in [0, 0.1) is 6.92 Å². The number of ether oxygens (including phenoxy) is 1. The zero-order chi connectivity index (χ0) is 14.5. The minimum Gasteiger partial charge on any atom is -0.496 e. The van der Waals surface area contributed by atoms with Gasteiger partial charge in [-0.1, -0.05) is 35.9 Å². The molecule has 0 aromatic heterocycles. The van der Waals surface area contributed by atoms with Crippen molar-refractivity contribution in [2.45, 2.75) is 30.5 Å². The van der Waals surface area contributed by atoms with Crippen molar-refractivity contribution < 1.29 is 4.74 Å². The van der Waals surface area contributed by atoms with Gasteiger partial charge in [0.1, 0.15) is 5.75 Å². The summed E-state index contributed by atoms with van der Waals surface area (Å²) in [6.07, 6.45) is 0. The predicted octanol–water partition coefficient (Wildman–Crippen LogP) is 4.32. The summed E-state index contributed by atoms with van der Waals surface area (Å²) in [5, 5.41) is 0. The van der Waals surface area contributed by atoms with Crippen LogP contribution < -0.4 is 10.5 Å². The second-order valence-corrected chi connectivity index (χ2v) is 5.96. The molecule has 0 saturated carbocycles. The highest BCUT2D eigenvalue weighted by Crippen LogP contribution is 2.35. The Morgan fingerprint density at radius 2 is 1.95 bits per heavy atom. The average molecular weight is 287 g/mol. The van der Waals surface area contributed by atoms with Crippen LogP contribution in [0.4, 0.5) is 0 Å². The van der Waals surface area contributed by atoms with Crippen molar-refractivity contribution in [3.63, 3.8) is 0 Å². The molecular weight excluding hydrogens is 266 g/mol. The zero-order valence-corrected chi connectivity index (χ0v) is 13.0. The summed E-state index contributed by atoms with van der Waals surface area (Å²) >= 11 is 1.81. The molecule has 1 unspecified atom stereocenters. The van der Waals surface area contributed by atoms with Gasteiger partial charge in [-0.15, -0.1) is 11.8 Å². The van der Waals surface area contributed by atoms with Gasteiger partial charge >= 0.3 is 0 Å². The van der Waals surface area contributed by atoms with Crippen LogP contribution in [0.25, 0.3) is 0 Å². The number of nitrogens with two attached hydrogens (primary N) is 1. The molecule has 0 fully saturated rings. The van der Waals surface area contributed by atoms with Gasteiger partial charge in [-0.25, -0.2) is 0 Å². The van der Waals surface area contributed by atoms with E-state index >= 15 is 0 Å². The molecule has 2 aromatic rings. The van der Waals surface area contributed by atoms with E-state index in [0.29, 0.717) is 0 Å². The summed E-state index contributed by atoms with van der Waals surface area (Å²) in [6.45, 7) is 4.11. The molecule has 0 heterocycles. The lowest BCUT2D eigenvalue weighted by Gasteiger charge is -2.16. The predicted molar refractivity (Wildman–Crippen MR) is 86.3 cm³/mol. The van der Waals surface area contributed by atoms with Gasteiger partial charge in [-0.3, -0.25) is 0 Å². The third-order valence-corrected chi connectivity index (χ3v) is 4.32. The highest BCUT2D eigenvalue weighted by Gasteiger charge is 2.13. The van der Waals surface area contributed by atoms with Crippen molar-refractivity contribution in [3.8, 4) is 5.75 Å². The van der Waals surface area contributed by atoms with Gasteiger partial charge in [0.15, 0.2) is 0 Å². The van der Waals surface area contributed by atoms with Crippen molar-refractivity contribution in [3.05, 3.63) is 59.2 Å². The molecule has 0 aliphatic heterocycles. The summed E-state index contributed by atoms with van der Waals surface area (Å²) < 4.78 is 5.43. The van der Waals surface area contributed by atoms with Crippen molar-refractivity contribution in [2.24, 2.45) is 5.73 Å². The van der Waals surface area contributed by atoms with Crippen LogP contribution in [0.5, 0.6) is 5.75 Å². The largest absolute Gasteiger partial charge is 0.496 e. The Hall–Kier alpha value is -1.45. The fourth-order valence-corrected chi connectivity index (χ4v) is 3.36. The molecule has 3 heteroatoms. The van der Waals surface area contributed by atoms with E-state index in [2.05, 4.69) is 37.3 Å². The number of hydrogen-bond donors (Lipinski definition) is 1. The van der Waals surface area contributed by atoms with Crippen molar-refractivity contribution >= 4 is 11.8 Å². The van der Waals surface area contributed by atoms with Crippen LogP contribution in [-0.4, -0.2) is 7.11 Å². The Morgan fingerprint density at radius 3 is 2.60 bits per heavy atom. The molecular formula is C17H21NOS. The summed E-state index contributed by atoms with van der Waals surface area (Å²) in [7, 11) is 1.69. The van der Waals surface area contributed by atoms with E-state index in [1.165, 1.54) is 16.0 Å². The quantitative estimate of drug-likeness (QED) is 0.832. The number of benzene rings is 2. The number of methoxy groups -OCH3 is 1. The van der Waals surface area contributed by atoms with Crippen LogP contribution >= 0.6 is 11.8 Å². The van der Waals surface area contributed by atoms with Crippen molar-refractivity contribution in [2.75, 3.05) is 7.11 Å². The number of aryl methyl sites for hydroxylation is 1. The van der Waals surface area contributed by atoms with Crippen LogP contribution in [0.2, 0.25) is 0 Å². The van der Waals surface area contributed by atoms with E-state index in [9.17, 15) is 0 Å². The lowest BCUT2D eigenvalue weighted by Crippen LogP contribution is -2.08. The molecule has 0 amide bonds. The molecule has 0 aliphatic rings. The average Bonchev–Trinajstić information content (AvgIpc) is 2.44. The van der Waals surface area contributed by atoms with Gasteiger partial charge in [-0.05, 0) is 31.5 Å². The lowest BCUT2D eigenvalue weighted by molar-refractivity contribution is 0.405. The summed E-state index contributed by atoms with van der Waals surface area (Å²) in [5.74, 6) is 1.81. The van der Waals surface area contributed by atoms with E-state index in [0.717, 1.165) is 17.1 Å². The Balaban J connectivity index is 2.21. The molecule has 0 bridgehead atoms. The molecule has 0 aliphatic carbocycles. The first-order valence-corrected chi connectivity index (χ1v) is 7.71. The normalized spacial score (nSPS) is 12.2. The minimum atomic E-state index is -0.0360. The molecule has 2 N–H and O–H groups in total. The third-order valence-electron chi connectivity index (χ3n) is 3.18. The fourth-order valence-electron chi connectivity index (χ4n) is 2.24. The monoisotopic (exact) mass is 287 g/mol. The van der Waals surface area contributed by atoms with E-state index < -0.39 is 0 Å². The summed E-state index contributed by atoms with van der Waals surface area (Å²) in [6, 6.07) is 14.7. The maximum Gasteiger partial charge on any atom is 0.124 e. The minimum absolute atomic E-state index is 0.0360. The molecule has 0 radical (unpaired) electrons. The van der Waals surface area contributed by atoms with Gasteiger partial charge in [0.2, 0.25) is 0 Å². The molecule has 2 rings (SSSR count). The first-order chi connectivity index (χ1) is 9.61. The third kappa shape index (κ3) is 3.56. The van der Waals surface area contributed by atoms with E-state index in [-0.39, 0.29) is 6.04 Å². The topological polar surface area (TPSA) is 35.2 Å². The van der Waals surface area contributed by atoms with E-state index in [1.807, 2.05) is 19.1 Å². The standard InChI is InChI=1S/C17H21NOS/c1-12-6-4-7-14(10-12)11-20-16-9-5-8-15(19-3)17(16)13(2)18/h4-10,13H,11,18H2,1-3H3. The van der Waals surface area contributed by atoms with Gasteiger partial charge < -0.3 is 10.5 Å². The van der Waals surface area contributed by atoms with E-state index in [4.69, 9.17) is 10.5 Å². The maximum absolute atomic E-state index is 6.09. The molecule has 20 heavy (non-hydrogen) atoms. The van der Waals surface area contributed by atoms with Crippen LogP contribution in [0.15, 0.2) is 47.4 Å². The number of hydrogen-bond acceptors (Lipinski definition) is 3. The number of rotatable bonds is 5. The van der Waals surface area contributed by atoms with Gasteiger partial charge in [0.25, 0.3) is 0 Å². The molecule has 0 spiro atoms. The Kier molecular flexibility index (Phi) is 5.10. The second-order valence-electron chi connectivity index (χ2n) is 4.94. The zero-order valence-electron chi connectivity index (χ0n) is 12.2. The first kappa shape index (κ1) is 14.9. The Bertz CT molecular complexity index is 581. The SMILES string of the molecule is COc1cccc(SCc2cccc(C)c2)c1C(C)N. The van der Waals surface area contributed by atoms with Crippen molar-refractivity contribution in [1.29, 1.82) is 0 Å². The highest BCUT2D eigenvalue weighted by molar-refractivity contribution is 7.98. The number of thioether (sulfide) groups is 1. The van der Waals surface area contributed by atoms with Gasteiger partial charge in [-0.2, -0.15) is 0 Å². The maximum atomic E-state index is 6.09. The van der Waals surface area contributed by atoms with E-state index in [1.54, 1.807) is 18.9 Å². The first-order valence-electron chi connectivity index (χ1n) is 6.72. The molecule has 0 saturated heterocycles. The van der Waals surface area contributed by atoms with Crippen molar-refractivity contribution in [1.82, 2.24) is 0 Å². The smallest absolute Gasteiger partial charge is 0.124 e. The Morgan fingerprint density at radius 1 is 1.20 bits per heavy atom. The second kappa shape index (κ2) is 6.82. The van der Waals surface area contributed by atoms with Gasteiger partial charge in [0.05, 0.1) is 7.11 Å². The van der Waals surface area contributed by atoms with Crippen LogP contribution in [0.1, 0.15) is 29.7 Å². The molecule has 106 valence electrons. The van der Waals surface area contributed by atoms with Crippen LogP contribution in [0.3, 0.4) is 0 Å². The molecule has 1 atom stereocenters.